The topological polar surface area (TPSA) is 58.9 Å². The van der Waals surface area contributed by atoms with Crippen LogP contribution in [0.15, 0.2) is 17.1 Å². The normalized spacial score (nSPS) is 9.29. The summed E-state index contributed by atoms with van der Waals surface area (Å²) in [7, 11) is 1.43. The van der Waals surface area contributed by atoms with Crippen LogP contribution in [0.2, 0.25) is 5.02 Å². The van der Waals surface area contributed by atoms with Crippen LogP contribution in [0.1, 0.15) is 5.56 Å². The second-order valence-corrected chi connectivity index (χ2v) is 2.93. The van der Waals surface area contributed by atoms with E-state index in [1.807, 2.05) is 0 Å². The van der Waals surface area contributed by atoms with Gasteiger partial charge in [0.1, 0.15) is 0 Å². The highest BCUT2D eigenvalue weighted by Crippen LogP contribution is 2.32. The molecule has 0 aliphatic heterocycles. The third-order valence-corrected chi connectivity index (χ3v) is 2.01. The molecule has 1 aromatic rings. The summed E-state index contributed by atoms with van der Waals surface area (Å²) >= 11 is 5.83. The Bertz CT molecular complexity index is 386. The Kier molecular flexibility index (Phi) is 3.51. The zero-order valence-corrected chi connectivity index (χ0v) is 8.21. The van der Waals surface area contributed by atoms with E-state index in [1.165, 1.54) is 25.3 Å². The monoisotopic (exact) mass is 213 g/mol. The zero-order valence-electron chi connectivity index (χ0n) is 7.45. The molecule has 0 aromatic heterocycles. The molecule has 4 nitrogen and oxygen atoms in total. The molecule has 0 aliphatic carbocycles. The molecule has 0 saturated carbocycles. The number of ether oxygens (including phenoxy) is 1. The maximum absolute atomic E-state index is 9.88. The molecule has 0 spiro atoms. The number of methoxy groups -OCH3 is 1. The van der Waals surface area contributed by atoms with Crippen LogP contribution in [-0.4, -0.2) is 18.3 Å². The van der Waals surface area contributed by atoms with E-state index in [4.69, 9.17) is 16.3 Å². The van der Waals surface area contributed by atoms with Crippen molar-refractivity contribution in [1.82, 2.24) is 0 Å². The SMILES string of the molecule is COc1cc(Cl)c(CN=C=O)cc1O. The second-order valence-electron chi connectivity index (χ2n) is 2.52. The molecule has 0 atom stereocenters. The summed E-state index contributed by atoms with van der Waals surface area (Å²) in [5.41, 5.74) is 0.549. The van der Waals surface area contributed by atoms with Gasteiger partial charge in [0.05, 0.1) is 13.7 Å². The van der Waals surface area contributed by atoms with Crippen LogP contribution < -0.4 is 4.74 Å². The number of aromatic hydroxyl groups is 1. The number of aliphatic imine (C=N–C) groups is 1. The van der Waals surface area contributed by atoms with Gasteiger partial charge in [0, 0.05) is 11.1 Å². The molecule has 0 aliphatic rings. The standard InChI is InChI=1S/C9H8ClNO3/c1-14-9-3-7(10)6(2-8(9)13)4-11-5-12/h2-3,13H,4H2,1H3. The number of hydrogen-bond donors (Lipinski definition) is 1. The first-order chi connectivity index (χ1) is 6.69. The maximum Gasteiger partial charge on any atom is 0.235 e. The molecule has 14 heavy (non-hydrogen) atoms. The fourth-order valence-corrected chi connectivity index (χ4v) is 1.20. The van der Waals surface area contributed by atoms with Gasteiger partial charge in [-0.1, -0.05) is 11.6 Å². The highest BCUT2D eigenvalue weighted by atomic mass is 35.5. The van der Waals surface area contributed by atoms with E-state index in [1.54, 1.807) is 0 Å². The number of hydrogen-bond acceptors (Lipinski definition) is 4. The molecule has 1 N–H and O–H groups in total. The minimum Gasteiger partial charge on any atom is -0.504 e. The van der Waals surface area contributed by atoms with Crippen molar-refractivity contribution in [1.29, 1.82) is 0 Å². The Hall–Kier alpha value is -1.51. The van der Waals surface area contributed by atoms with Crippen molar-refractivity contribution >= 4 is 17.7 Å². The average Bonchev–Trinajstić information content (AvgIpc) is 2.18. The fraction of sp³-hybridized carbons (Fsp3) is 0.222. The van der Waals surface area contributed by atoms with Gasteiger partial charge in [0.25, 0.3) is 0 Å². The van der Waals surface area contributed by atoms with E-state index in [-0.39, 0.29) is 18.0 Å². The van der Waals surface area contributed by atoms with E-state index in [2.05, 4.69) is 4.99 Å². The van der Waals surface area contributed by atoms with Crippen LogP contribution in [0.5, 0.6) is 11.5 Å². The minimum absolute atomic E-state index is 0.0343. The van der Waals surface area contributed by atoms with E-state index < -0.39 is 0 Å². The highest BCUT2D eigenvalue weighted by molar-refractivity contribution is 6.31. The zero-order chi connectivity index (χ0) is 10.6. The minimum atomic E-state index is -0.0343. The molecule has 0 radical (unpaired) electrons. The Morgan fingerprint density at radius 3 is 2.93 bits per heavy atom. The number of isocyanates is 1. The van der Waals surface area contributed by atoms with Crippen LogP contribution in [0.25, 0.3) is 0 Å². The average molecular weight is 214 g/mol. The summed E-state index contributed by atoms with van der Waals surface area (Å²) in [5, 5.41) is 9.78. The Labute approximate surface area is 85.8 Å². The number of rotatable bonds is 3. The van der Waals surface area contributed by atoms with Crippen LogP contribution in [0, 0.1) is 0 Å². The van der Waals surface area contributed by atoms with E-state index in [9.17, 15) is 9.90 Å². The van der Waals surface area contributed by atoms with Crippen LogP contribution in [-0.2, 0) is 11.3 Å². The van der Waals surface area contributed by atoms with Crippen LogP contribution >= 0.6 is 11.6 Å². The molecule has 1 aromatic carbocycles. The number of phenolic OH excluding ortho intramolecular Hbond substituents is 1. The number of phenols is 1. The quantitative estimate of drug-likeness (QED) is 0.616. The van der Waals surface area contributed by atoms with Crippen molar-refractivity contribution in [3.8, 4) is 11.5 Å². The van der Waals surface area contributed by atoms with Gasteiger partial charge >= 0.3 is 0 Å². The van der Waals surface area contributed by atoms with Crippen molar-refractivity contribution in [3.05, 3.63) is 22.7 Å². The van der Waals surface area contributed by atoms with E-state index in [0.717, 1.165) is 0 Å². The molecule has 0 amide bonds. The predicted molar refractivity (Wildman–Crippen MR) is 51.5 cm³/mol. The first kappa shape index (κ1) is 10.6. The summed E-state index contributed by atoms with van der Waals surface area (Å²) in [6.07, 6.45) is 1.39. The van der Waals surface area contributed by atoms with Crippen molar-refractivity contribution < 1.29 is 14.6 Å². The van der Waals surface area contributed by atoms with Crippen LogP contribution in [0.4, 0.5) is 0 Å². The number of halogens is 1. The Morgan fingerprint density at radius 2 is 2.36 bits per heavy atom. The lowest BCUT2D eigenvalue weighted by molar-refractivity contribution is 0.373. The van der Waals surface area contributed by atoms with Crippen LogP contribution in [0.3, 0.4) is 0 Å². The Morgan fingerprint density at radius 1 is 1.64 bits per heavy atom. The lowest BCUT2D eigenvalue weighted by atomic mass is 10.2. The number of nitrogens with zero attached hydrogens (tertiary/aromatic N) is 1. The summed E-state index contributed by atoms with van der Waals surface area (Å²) in [6.45, 7) is 0.0971. The van der Waals surface area contributed by atoms with Crippen molar-refractivity contribution in [3.63, 3.8) is 0 Å². The highest BCUT2D eigenvalue weighted by Gasteiger charge is 2.07. The first-order valence-corrected chi connectivity index (χ1v) is 4.16. The van der Waals surface area contributed by atoms with E-state index in [0.29, 0.717) is 10.6 Å². The van der Waals surface area contributed by atoms with Crippen molar-refractivity contribution in [2.24, 2.45) is 4.99 Å². The number of carbonyl (C=O) groups excluding carboxylic acids is 1. The van der Waals surface area contributed by atoms with Gasteiger partial charge in [0.2, 0.25) is 6.08 Å². The third kappa shape index (κ3) is 2.25. The molecule has 0 bridgehead atoms. The van der Waals surface area contributed by atoms with Gasteiger partial charge in [-0.15, -0.1) is 0 Å². The lowest BCUT2D eigenvalue weighted by Gasteiger charge is -2.06. The maximum atomic E-state index is 9.88. The molecule has 74 valence electrons. The summed E-state index contributed by atoms with van der Waals surface area (Å²) in [4.78, 5) is 13.2. The second kappa shape index (κ2) is 4.65. The van der Waals surface area contributed by atoms with Crippen molar-refractivity contribution in [2.45, 2.75) is 6.54 Å². The van der Waals surface area contributed by atoms with Gasteiger partial charge in [0.15, 0.2) is 11.5 Å². The largest absolute Gasteiger partial charge is 0.504 e. The predicted octanol–water partition coefficient (Wildman–Crippen LogP) is 1.89. The first-order valence-electron chi connectivity index (χ1n) is 3.78. The Balaban J connectivity index is 3.08. The summed E-state index contributed by atoms with van der Waals surface area (Å²) < 4.78 is 4.84. The van der Waals surface area contributed by atoms with Gasteiger partial charge < -0.3 is 9.84 Å². The number of benzene rings is 1. The molecule has 0 fully saturated rings. The molecular formula is C9H8ClNO3. The molecule has 0 heterocycles. The summed E-state index contributed by atoms with van der Waals surface area (Å²) in [5.74, 6) is 0.252. The third-order valence-electron chi connectivity index (χ3n) is 1.66. The van der Waals surface area contributed by atoms with Crippen molar-refractivity contribution in [2.75, 3.05) is 7.11 Å². The van der Waals surface area contributed by atoms with Gasteiger partial charge in [-0.2, -0.15) is 0 Å². The van der Waals surface area contributed by atoms with Gasteiger partial charge in [-0.25, -0.2) is 9.79 Å². The van der Waals surface area contributed by atoms with Gasteiger partial charge in [-0.3, -0.25) is 0 Å². The molecular weight excluding hydrogens is 206 g/mol. The smallest absolute Gasteiger partial charge is 0.235 e. The molecule has 0 unspecified atom stereocenters. The molecule has 0 saturated heterocycles. The lowest BCUT2D eigenvalue weighted by Crippen LogP contribution is -1.88. The van der Waals surface area contributed by atoms with E-state index >= 15 is 0 Å². The fourth-order valence-electron chi connectivity index (χ4n) is 0.989. The van der Waals surface area contributed by atoms with Gasteiger partial charge in [-0.05, 0) is 11.6 Å². The summed E-state index contributed by atoms with van der Waals surface area (Å²) in [6, 6.07) is 2.87. The molecule has 5 heteroatoms. The molecule has 1 rings (SSSR count).